The molecule has 2 heterocycles. The number of hydrogen-bond donors (Lipinski definition) is 1. The summed E-state index contributed by atoms with van der Waals surface area (Å²) in [6, 6.07) is 7.30. The summed E-state index contributed by atoms with van der Waals surface area (Å²) in [6.07, 6.45) is 0.332. The molecule has 1 aromatic carbocycles. The van der Waals surface area contributed by atoms with Gasteiger partial charge in [-0.1, -0.05) is 0 Å². The van der Waals surface area contributed by atoms with Gasteiger partial charge >= 0.3 is 6.09 Å². The minimum Gasteiger partial charge on any atom is -0.441 e. The molecule has 1 aromatic heterocycles. The van der Waals surface area contributed by atoms with Crippen LogP contribution >= 0.6 is 0 Å². The van der Waals surface area contributed by atoms with E-state index in [2.05, 4.69) is 0 Å². The molecule has 0 bridgehead atoms. The topological polar surface area (TPSA) is 71.8 Å². The maximum Gasteiger partial charge on any atom is 0.414 e. The highest BCUT2D eigenvalue weighted by atomic mass is 19.1. The van der Waals surface area contributed by atoms with Crippen LogP contribution in [0.1, 0.15) is 0 Å². The predicted molar refractivity (Wildman–Crippen MR) is 81.8 cm³/mol. The van der Waals surface area contributed by atoms with Gasteiger partial charge in [-0.2, -0.15) is 0 Å². The van der Waals surface area contributed by atoms with Crippen LogP contribution in [0.4, 0.5) is 14.9 Å². The number of aliphatic hydroxyl groups excluding tert-OH is 1. The Morgan fingerprint density at radius 3 is 2.70 bits per heavy atom. The molecule has 0 unspecified atom stereocenters. The van der Waals surface area contributed by atoms with E-state index in [1.54, 1.807) is 31.4 Å². The third-order valence-corrected chi connectivity index (χ3v) is 3.74. The monoisotopic (exact) mass is 318 g/mol. The van der Waals surface area contributed by atoms with Crippen molar-refractivity contribution in [1.82, 2.24) is 4.57 Å². The minimum absolute atomic E-state index is 0.175. The SMILES string of the molecule is Cn1cc(-c2ccc(N3C[C@H](CO)OC3=O)cc2F)ccc1=O. The van der Waals surface area contributed by atoms with Gasteiger partial charge in [0.25, 0.3) is 0 Å². The number of aryl methyl sites for hydroxylation is 1. The van der Waals surface area contributed by atoms with E-state index in [4.69, 9.17) is 9.84 Å². The van der Waals surface area contributed by atoms with Gasteiger partial charge in [0, 0.05) is 30.4 Å². The summed E-state index contributed by atoms with van der Waals surface area (Å²) >= 11 is 0. The first-order chi connectivity index (χ1) is 11.0. The average molecular weight is 318 g/mol. The molecule has 0 aliphatic carbocycles. The fraction of sp³-hybridized carbons (Fsp3) is 0.250. The lowest BCUT2D eigenvalue weighted by Crippen LogP contribution is -2.25. The molecular formula is C16H15FN2O4. The molecule has 1 N–H and O–H groups in total. The zero-order valence-electron chi connectivity index (χ0n) is 12.4. The Labute approximate surface area is 131 Å². The summed E-state index contributed by atoms with van der Waals surface area (Å²) in [5.74, 6) is -0.513. The number of ether oxygens (including phenoxy) is 1. The number of aliphatic hydroxyl groups is 1. The highest BCUT2D eigenvalue weighted by molar-refractivity contribution is 5.90. The van der Waals surface area contributed by atoms with E-state index in [0.717, 1.165) is 0 Å². The summed E-state index contributed by atoms with van der Waals surface area (Å²) in [7, 11) is 1.59. The van der Waals surface area contributed by atoms with Crippen LogP contribution in [-0.4, -0.2) is 35.0 Å². The van der Waals surface area contributed by atoms with E-state index in [-0.39, 0.29) is 18.7 Å². The molecular weight excluding hydrogens is 303 g/mol. The molecule has 0 saturated carbocycles. The van der Waals surface area contributed by atoms with Crippen molar-refractivity contribution in [2.45, 2.75) is 6.10 Å². The Balaban J connectivity index is 1.93. The van der Waals surface area contributed by atoms with Crippen molar-refractivity contribution < 1.29 is 19.0 Å². The molecule has 23 heavy (non-hydrogen) atoms. The van der Waals surface area contributed by atoms with E-state index in [1.807, 2.05) is 0 Å². The number of carbonyl (C=O) groups is 1. The van der Waals surface area contributed by atoms with Crippen molar-refractivity contribution in [3.05, 3.63) is 52.7 Å². The van der Waals surface area contributed by atoms with Crippen molar-refractivity contribution >= 4 is 11.8 Å². The Morgan fingerprint density at radius 1 is 1.30 bits per heavy atom. The number of nitrogens with zero attached hydrogens (tertiary/aromatic N) is 2. The first-order valence-electron chi connectivity index (χ1n) is 7.05. The summed E-state index contributed by atoms with van der Waals surface area (Å²) in [6.45, 7) is -0.102. The molecule has 1 saturated heterocycles. The molecule has 0 spiro atoms. The number of pyridine rings is 1. The smallest absolute Gasteiger partial charge is 0.414 e. The molecule has 1 aliphatic heterocycles. The molecule has 1 atom stereocenters. The predicted octanol–water partition coefficient (Wildman–Crippen LogP) is 1.51. The standard InChI is InChI=1S/C16H15FN2O4/c1-18-7-10(2-5-15(18)21)13-4-3-11(6-14(13)17)19-8-12(9-20)23-16(19)22/h2-7,12,20H,8-9H2,1H3/t12-/m1/s1. The van der Waals surface area contributed by atoms with Crippen LogP contribution in [0.25, 0.3) is 11.1 Å². The number of halogens is 1. The number of anilines is 1. The molecule has 7 heteroatoms. The Morgan fingerprint density at radius 2 is 2.09 bits per heavy atom. The van der Waals surface area contributed by atoms with Crippen LogP contribution in [0.3, 0.4) is 0 Å². The van der Waals surface area contributed by atoms with Crippen molar-refractivity contribution in [3.8, 4) is 11.1 Å². The van der Waals surface area contributed by atoms with Gasteiger partial charge in [-0.15, -0.1) is 0 Å². The van der Waals surface area contributed by atoms with E-state index in [9.17, 15) is 14.0 Å². The number of aromatic nitrogens is 1. The summed E-state index contributed by atoms with van der Waals surface area (Å²) in [5.41, 5.74) is 1.07. The molecule has 120 valence electrons. The largest absolute Gasteiger partial charge is 0.441 e. The number of hydrogen-bond acceptors (Lipinski definition) is 4. The number of rotatable bonds is 3. The first kappa shape index (κ1) is 15.2. The second-order valence-corrected chi connectivity index (χ2v) is 5.33. The Bertz CT molecular complexity index is 818. The van der Waals surface area contributed by atoms with Gasteiger partial charge in [0.2, 0.25) is 5.56 Å². The maximum atomic E-state index is 14.4. The second kappa shape index (κ2) is 5.85. The quantitative estimate of drug-likeness (QED) is 0.931. The van der Waals surface area contributed by atoms with Crippen LogP contribution in [0.15, 0.2) is 41.3 Å². The third kappa shape index (κ3) is 2.83. The van der Waals surface area contributed by atoms with Crippen LogP contribution in [-0.2, 0) is 11.8 Å². The minimum atomic E-state index is -0.613. The number of carbonyl (C=O) groups excluding carboxylic acids is 1. The van der Waals surface area contributed by atoms with Crippen molar-refractivity contribution in [1.29, 1.82) is 0 Å². The number of benzene rings is 1. The summed E-state index contributed by atoms with van der Waals surface area (Å²) in [4.78, 5) is 24.4. The molecule has 0 radical (unpaired) electrons. The van der Waals surface area contributed by atoms with Crippen molar-refractivity contribution in [2.24, 2.45) is 7.05 Å². The Kier molecular flexibility index (Phi) is 3.87. The molecule has 6 nitrogen and oxygen atoms in total. The first-order valence-corrected chi connectivity index (χ1v) is 7.05. The summed E-state index contributed by atoms with van der Waals surface area (Å²) < 4.78 is 20.7. The Hall–Kier alpha value is -2.67. The lowest BCUT2D eigenvalue weighted by Gasteiger charge is -2.14. The lowest BCUT2D eigenvalue weighted by molar-refractivity contribution is 0.0963. The fourth-order valence-electron chi connectivity index (χ4n) is 2.49. The van der Waals surface area contributed by atoms with Crippen LogP contribution < -0.4 is 10.5 Å². The molecule has 1 fully saturated rings. The zero-order valence-corrected chi connectivity index (χ0v) is 12.4. The number of amides is 1. The second-order valence-electron chi connectivity index (χ2n) is 5.33. The van der Waals surface area contributed by atoms with Gasteiger partial charge in [-0.3, -0.25) is 9.69 Å². The van der Waals surface area contributed by atoms with Gasteiger partial charge in [-0.25, -0.2) is 9.18 Å². The van der Waals surface area contributed by atoms with Gasteiger partial charge < -0.3 is 14.4 Å². The van der Waals surface area contributed by atoms with Gasteiger partial charge in [0.15, 0.2) is 0 Å². The van der Waals surface area contributed by atoms with Gasteiger partial charge in [-0.05, 0) is 24.3 Å². The highest BCUT2D eigenvalue weighted by Gasteiger charge is 2.32. The summed E-state index contributed by atoms with van der Waals surface area (Å²) in [5, 5.41) is 9.04. The number of cyclic esters (lactones) is 1. The molecule has 1 aliphatic rings. The van der Waals surface area contributed by atoms with Crippen LogP contribution in [0.2, 0.25) is 0 Å². The maximum absolute atomic E-state index is 14.4. The van der Waals surface area contributed by atoms with E-state index in [0.29, 0.717) is 16.8 Å². The van der Waals surface area contributed by atoms with Gasteiger partial charge in [0.05, 0.1) is 18.8 Å². The van der Waals surface area contributed by atoms with Crippen molar-refractivity contribution in [3.63, 3.8) is 0 Å². The van der Waals surface area contributed by atoms with Crippen molar-refractivity contribution in [2.75, 3.05) is 18.1 Å². The van der Waals surface area contributed by atoms with E-state index >= 15 is 0 Å². The third-order valence-electron chi connectivity index (χ3n) is 3.74. The van der Waals surface area contributed by atoms with Crippen LogP contribution in [0.5, 0.6) is 0 Å². The molecule has 3 rings (SSSR count). The van der Waals surface area contributed by atoms with Gasteiger partial charge in [0.1, 0.15) is 11.9 Å². The lowest BCUT2D eigenvalue weighted by atomic mass is 10.1. The molecule has 2 aromatic rings. The fourth-order valence-corrected chi connectivity index (χ4v) is 2.49. The zero-order chi connectivity index (χ0) is 16.6. The van der Waals surface area contributed by atoms with E-state index < -0.39 is 18.0 Å². The molecule has 1 amide bonds. The normalized spacial score (nSPS) is 17.4. The van der Waals surface area contributed by atoms with E-state index in [1.165, 1.54) is 21.6 Å². The highest BCUT2D eigenvalue weighted by Crippen LogP contribution is 2.28. The average Bonchev–Trinajstić information content (AvgIpc) is 2.91. The van der Waals surface area contributed by atoms with Crippen LogP contribution in [0, 0.1) is 5.82 Å².